The summed E-state index contributed by atoms with van der Waals surface area (Å²) in [5, 5.41) is 6.97. The van der Waals surface area contributed by atoms with E-state index in [-0.39, 0.29) is 24.0 Å². The molecule has 0 amide bonds. The molecule has 140 valence electrons. The highest BCUT2D eigenvalue weighted by molar-refractivity contribution is 14.0. The van der Waals surface area contributed by atoms with Gasteiger partial charge in [-0.1, -0.05) is 6.42 Å². The number of aliphatic imine (C=N–C) groups is 1. The van der Waals surface area contributed by atoms with Gasteiger partial charge in [0.25, 0.3) is 0 Å². The van der Waals surface area contributed by atoms with Crippen molar-refractivity contribution in [1.82, 2.24) is 15.5 Å². The van der Waals surface area contributed by atoms with Crippen molar-refractivity contribution in [3.8, 4) is 0 Å². The van der Waals surface area contributed by atoms with Crippen molar-refractivity contribution >= 4 is 29.9 Å². The zero-order chi connectivity index (χ0) is 16.1. The van der Waals surface area contributed by atoms with Crippen LogP contribution < -0.4 is 10.6 Å². The fraction of sp³-hybridized carbons (Fsp3) is 0.944. The van der Waals surface area contributed by atoms with E-state index in [0.717, 1.165) is 57.8 Å². The summed E-state index contributed by atoms with van der Waals surface area (Å²) in [5.74, 6) is 1.97. The van der Waals surface area contributed by atoms with Crippen molar-refractivity contribution in [3.63, 3.8) is 0 Å². The van der Waals surface area contributed by atoms with E-state index in [9.17, 15) is 0 Å². The van der Waals surface area contributed by atoms with Crippen molar-refractivity contribution in [2.24, 2.45) is 16.3 Å². The fourth-order valence-corrected chi connectivity index (χ4v) is 3.99. The number of halogens is 1. The number of nitrogens with zero attached hydrogens (tertiary/aromatic N) is 2. The van der Waals surface area contributed by atoms with Gasteiger partial charge in [0.1, 0.15) is 0 Å². The summed E-state index contributed by atoms with van der Waals surface area (Å²) in [6, 6.07) is 0.517. The molecule has 0 aromatic heterocycles. The van der Waals surface area contributed by atoms with Crippen molar-refractivity contribution in [2.45, 2.75) is 52.0 Å². The van der Waals surface area contributed by atoms with E-state index in [1.165, 1.54) is 32.1 Å². The standard InChI is InChI=1S/C18H34N4O.HI/c1-3-19-17(20-13-15(2)22-9-11-23-12-10-22)21-14-18(7-4-8-18)16-5-6-16;/h15-16H,3-14H2,1-2H3,(H2,19,20,21);1H. The summed E-state index contributed by atoms with van der Waals surface area (Å²) < 4.78 is 5.44. The molecule has 0 bridgehead atoms. The third-order valence-corrected chi connectivity index (χ3v) is 5.92. The largest absolute Gasteiger partial charge is 0.379 e. The average molecular weight is 450 g/mol. The molecule has 0 spiro atoms. The second-order valence-electron chi connectivity index (χ2n) is 7.56. The summed E-state index contributed by atoms with van der Waals surface area (Å²) >= 11 is 0. The van der Waals surface area contributed by atoms with Crippen LogP contribution in [0.3, 0.4) is 0 Å². The third kappa shape index (κ3) is 5.21. The number of ether oxygens (including phenoxy) is 1. The molecule has 1 aliphatic heterocycles. The highest BCUT2D eigenvalue weighted by Crippen LogP contribution is 2.57. The fourth-order valence-electron chi connectivity index (χ4n) is 3.99. The molecule has 0 aromatic carbocycles. The van der Waals surface area contributed by atoms with Crippen LogP contribution in [0.5, 0.6) is 0 Å². The van der Waals surface area contributed by atoms with Crippen molar-refractivity contribution in [1.29, 1.82) is 0 Å². The topological polar surface area (TPSA) is 48.9 Å². The molecule has 2 N–H and O–H groups in total. The van der Waals surface area contributed by atoms with Gasteiger partial charge in [0, 0.05) is 38.8 Å². The Hall–Kier alpha value is -0.0800. The Bertz CT molecular complexity index is 404. The lowest BCUT2D eigenvalue weighted by molar-refractivity contribution is 0.0211. The normalized spacial score (nSPS) is 25.3. The molecule has 3 aliphatic rings. The smallest absolute Gasteiger partial charge is 0.191 e. The minimum atomic E-state index is 0. The summed E-state index contributed by atoms with van der Waals surface area (Å²) in [4.78, 5) is 7.43. The van der Waals surface area contributed by atoms with Crippen LogP contribution >= 0.6 is 24.0 Å². The van der Waals surface area contributed by atoms with Gasteiger partial charge in [-0.05, 0) is 50.9 Å². The minimum absolute atomic E-state index is 0. The maximum atomic E-state index is 5.44. The molecule has 0 aromatic rings. The first-order valence-electron chi connectivity index (χ1n) is 9.57. The molecule has 3 rings (SSSR count). The van der Waals surface area contributed by atoms with Gasteiger partial charge in [-0.15, -0.1) is 24.0 Å². The first-order chi connectivity index (χ1) is 11.2. The summed E-state index contributed by atoms with van der Waals surface area (Å²) in [7, 11) is 0. The van der Waals surface area contributed by atoms with Crippen LogP contribution in [0, 0.1) is 11.3 Å². The molecule has 1 heterocycles. The van der Waals surface area contributed by atoms with Crippen LogP contribution in [0.1, 0.15) is 46.0 Å². The number of hydrogen-bond donors (Lipinski definition) is 2. The Balaban J connectivity index is 0.00000208. The number of nitrogens with one attached hydrogen (secondary N) is 2. The van der Waals surface area contributed by atoms with E-state index in [1.54, 1.807) is 0 Å². The molecule has 0 radical (unpaired) electrons. The molecule has 5 nitrogen and oxygen atoms in total. The van der Waals surface area contributed by atoms with Crippen LogP contribution in [0.4, 0.5) is 0 Å². The molecular formula is C18H35IN4O. The highest BCUT2D eigenvalue weighted by Gasteiger charge is 2.48. The molecule has 2 aliphatic carbocycles. The summed E-state index contributed by atoms with van der Waals surface area (Å²) in [6.07, 6.45) is 7.07. The van der Waals surface area contributed by atoms with Crippen LogP contribution in [0.2, 0.25) is 0 Å². The van der Waals surface area contributed by atoms with Crippen molar-refractivity contribution in [2.75, 3.05) is 45.9 Å². The maximum Gasteiger partial charge on any atom is 0.191 e. The lowest BCUT2D eigenvalue weighted by Gasteiger charge is -2.41. The first-order valence-corrected chi connectivity index (χ1v) is 9.57. The number of morpholine rings is 1. The summed E-state index contributed by atoms with van der Waals surface area (Å²) in [6.45, 7) is 11.1. The Morgan fingerprint density at radius 2 is 1.96 bits per heavy atom. The van der Waals surface area contributed by atoms with Gasteiger partial charge in [0.2, 0.25) is 0 Å². The zero-order valence-corrected chi connectivity index (χ0v) is 17.7. The van der Waals surface area contributed by atoms with Crippen LogP contribution in [-0.2, 0) is 4.74 Å². The van der Waals surface area contributed by atoms with E-state index in [2.05, 4.69) is 29.4 Å². The zero-order valence-electron chi connectivity index (χ0n) is 15.4. The van der Waals surface area contributed by atoms with Gasteiger partial charge in [0.15, 0.2) is 5.96 Å². The minimum Gasteiger partial charge on any atom is -0.379 e. The highest BCUT2D eigenvalue weighted by atomic mass is 127. The van der Waals surface area contributed by atoms with Crippen molar-refractivity contribution in [3.05, 3.63) is 0 Å². The molecular weight excluding hydrogens is 415 g/mol. The predicted octanol–water partition coefficient (Wildman–Crippen LogP) is 2.46. The molecule has 2 saturated carbocycles. The first kappa shape index (κ1) is 20.2. The Kier molecular flexibility index (Phi) is 8.07. The second kappa shape index (κ2) is 9.57. The van der Waals surface area contributed by atoms with Gasteiger partial charge in [-0.25, -0.2) is 0 Å². The molecule has 6 heteroatoms. The van der Waals surface area contributed by atoms with Gasteiger partial charge in [0.05, 0.1) is 13.2 Å². The summed E-state index contributed by atoms with van der Waals surface area (Å²) in [5.41, 5.74) is 0.554. The van der Waals surface area contributed by atoms with Crippen LogP contribution in [0.25, 0.3) is 0 Å². The predicted molar refractivity (Wildman–Crippen MR) is 110 cm³/mol. The van der Waals surface area contributed by atoms with Gasteiger partial charge in [-0.3, -0.25) is 9.89 Å². The van der Waals surface area contributed by atoms with Crippen LogP contribution in [0.15, 0.2) is 4.99 Å². The van der Waals surface area contributed by atoms with Crippen molar-refractivity contribution < 1.29 is 4.74 Å². The quantitative estimate of drug-likeness (QED) is 0.356. The van der Waals surface area contributed by atoms with E-state index in [4.69, 9.17) is 9.73 Å². The number of rotatable bonds is 7. The third-order valence-electron chi connectivity index (χ3n) is 5.92. The number of hydrogen-bond acceptors (Lipinski definition) is 3. The Morgan fingerprint density at radius 1 is 1.25 bits per heavy atom. The molecule has 3 fully saturated rings. The SMILES string of the molecule is CCNC(=NCC1(C2CC2)CCC1)NCC(C)N1CCOCC1.I. The lowest BCUT2D eigenvalue weighted by Crippen LogP contribution is -2.49. The van der Waals surface area contributed by atoms with Gasteiger partial charge < -0.3 is 15.4 Å². The van der Waals surface area contributed by atoms with Crippen LogP contribution in [-0.4, -0.2) is 62.8 Å². The molecule has 1 unspecified atom stereocenters. The molecule has 1 saturated heterocycles. The van der Waals surface area contributed by atoms with E-state index >= 15 is 0 Å². The van der Waals surface area contributed by atoms with Gasteiger partial charge in [-0.2, -0.15) is 0 Å². The second-order valence-corrected chi connectivity index (χ2v) is 7.56. The lowest BCUT2D eigenvalue weighted by atomic mass is 9.65. The van der Waals surface area contributed by atoms with E-state index in [0.29, 0.717) is 11.5 Å². The molecule has 24 heavy (non-hydrogen) atoms. The van der Waals surface area contributed by atoms with E-state index in [1.807, 2.05) is 0 Å². The Labute approximate surface area is 164 Å². The monoisotopic (exact) mass is 450 g/mol. The molecule has 1 atom stereocenters. The number of guanidine groups is 1. The van der Waals surface area contributed by atoms with E-state index < -0.39 is 0 Å². The Morgan fingerprint density at radius 3 is 2.50 bits per heavy atom. The average Bonchev–Trinajstić information content (AvgIpc) is 3.37. The van der Waals surface area contributed by atoms with Gasteiger partial charge >= 0.3 is 0 Å². The maximum absolute atomic E-state index is 5.44.